The Balaban J connectivity index is 1.63. The molecule has 0 saturated heterocycles. The number of hydrogen-bond donors (Lipinski definition) is 1. The van der Waals surface area contributed by atoms with Crippen molar-refractivity contribution in [2.24, 2.45) is 0 Å². The third-order valence-corrected chi connectivity index (χ3v) is 5.64. The molecule has 1 aromatic heterocycles. The van der Waals surface area contributed by atoms with Gasteiger partial charge in [0.25, 0.3) is 0 Å². The molecule has 0 saturated carbocycles. The number of aromatic nitrogens is 1. The van der Waals surface area contributed by atoms with Gasteiger partial charge in [0.15, 0.2) is 0 Å². The van der Waals surface area contributed by atoms with Gasteiger partial charge >= 0.3 is 0 Å². The third kappa shape index (κ3) is 4.13. The van der Waals surface area contributed by atoms with Crippen molar-refractivity contribution in [3.63, 3.8) is 0 Å². The maximum atomic E-state index is 12.4. The molecule has 1 N–H and O–H groups in total. The van der Waals surface area contributed by atoms with E-state index in [-0.39, 0.29) is 11.8 Å². The summed E-state index contributed by atoms with van der Waals surface area (Å²) in [7, 11) is -3.35. The molecule has 1 atom stereocenters. The number of benzene rings is 1. The molecule has 24 heavy (non-hydrogen) atoms. The highest BCUT2D eigenvalue weighted by Gasteiger charge is 2.19. The smallest absolute Gasteiger partial charge is 0.212 e. The van der Waals surface area contributed by atoms with Gasteiger partial charge < -0.3 is 4.74 Å². The van der Waals surface area contributed by atoms with E-state index in [9.17, 15) is 8.42 Å². The van der Waals surface area contributed by atoms with Gasteiger partial charge in [-0.3, -0.25) is 4.98 Å². The van der Waals surface area contributed by atoms with Gasteiger partial charge in [0, 0.05) is 24.9 Å². The fraction of sp³-hybridized carbons (Fsp3) is 0.389. The molecule has 0 aliphatic carbocycles. The van der Waals surface area contributed by atoms with Gasteiger partial charge in [0.2, 0.25) is 10.0 Å². The number of nitrogens with zero attached hydrogens (tertiary/aromatic N) is 1. The number of pyridine rings is 1. The van der Waals surface area contributed by atoms with Crippen LogP contribution in [0.4, 0.5) is 0 Å². The minimum atomic E-state index is -3.35. The van der Waals surface area contributed by atoms with Crippen LogP contribution < -0.4 is 9.46 Å². The second kappa shape index (κ2) is 7.32. The van der Waals surface area contributed by atoms with E-state index in [0.717, 1.165) is 23.3 Å². The summed E-state index contributed by atoms with van der Waals surface area (Å²) in [4.78, 5) is 3.98. The largest absolute Gasteiger partial charge is 0.493 e. The van der Waals surface area contributed by atoms with Crippen LogP contribution in [0, 0.1) is 0 Å². The summed E-state index contributed by atoms with van der Waals surface area (Å²) in [6.45, 7) is 2.68. The molecule has 128 valence electrons. The molecule has 0 spiro atoms. The molecule has 0 radical (unpaired) electrons. The van der Waals surface area contributed by atoms with E-state index < -0.39 is 10.0 Å². The molecular formula is C18H22N2O3S. The highest BCUT2D eigenvalue weighted by atomic mass is 32.2. The van der Waals surface area contributed by atoms with Crippen LogP contribution in [0.25, 0.3) is 0 Å². The van der Waals surface area contributed by atoms with Crippen LogP contribution in [0.1, 0.15) is 36.1 Å². The van der Waals surface area contributed by atoms with Crippen molar-refractivity contribution in [3.8, 4) is 5.75 Å². The number of rotatable bonds is 7. The van der Waals surface area contributed by atoms with E-state index in [1.165, 1.54) is 5.56 Å². The Hall–Kier alpha value is -1.92. The molecule has 1 aliphatic rings. The molecule has 1 aliphatic heterocycles. The van der Waals surface area contributed by atoms with Gasteiger partial charge in [0.1, 0.15) is 5.75 Å². The summed E-state index contributed by atoms with van der Waals surface area (Å²) in [5.74, 6) is 0.997. The van der Waals surface area contributed by atoms with Gasteiger partial charge in [-0.15, -0.1) is 0 Å². The van der Waals surface area contributed by atoms with E-state index in [1.54, 1.807) is 12.4 Å². The third-order valence-electron chi connectivity index (χ3n) is 4.25. The number of sulfonamides is 1. The standard InChI is InChI=1S/C18H22N2O3S/c1-2-17(15-5-9-19-10-6-15)20-24(21,22)12-8-14-3-4-18-16(13-14)7-11-23-18/h3-6,9-10,13,17,20H,2,7-8,11-12H2,1H3/t17-/m0/s1. The first kappa shape index (κ1) is 16.9. The first-order chi connectivity index (χ1) is 11.6. The van der Waals surface area contributed by atoms with Crippen LogP contribution in [0.2, 0.25) is 0 Å². The average Bonchev–Trinajstić information content (AvgIpc) is 3.06. The van der Waals surface area contributed by atoms with Crippen molar-refractivity contribution in [1.29, 1.82) is 0 Å². The fourth-order valence-corrected chi connectivity index (χ4v) is 4.26. The molecule has 0 amide bonds. The summed E-state index contributed by atoms with van der Waals surface area (Å²) in [6, 6.07) is 9.40. The van der Waals surface area contributed by atoms with E-state index >= 15 is 0 Å². The van der Waals surface area contributed by atoms with Gasteiger partial charge in [0.05, 0.1) is 12.4 Å². The van der Waals surface area contributed by atoms with Crippen molar-refractivity contribution in [2.75, 3.05) is 12.4 Å². The predicted molar refractivity (Wildman–Crippen MR) is 93.5 cm³/mol. The van der Waals surface area contributed by atoms with Crippen LogP contribution in [0.15, 0.2) is 42.7 Å². The molecule has 6 heteroatoms. The summed E-state index contributed by atoms with van der Waals surface area (Å²) in [5.41, 5.74) is 3.13. The van der Waals surface area contributed by atoms with Crippen LogP contribution in [-0.2, 0) is 22.9 Å². The second-order valence-electron chi connectivity index (χ2n) is 5.97. The molecule has 2 heterocycles. The Bertz CT molecular complexity index is 791. The van der Waals surface area contributed by atoms with Crippen molar-refractivity contribution in [2.45, 2.75) is 32.2 Å². The SMILES string of the molecule is CC[C@H](NS(=O)(=O)CCc1ccc2c(c1)CCO2)c1ccncc1. The number of ether oxygens (including phenoxy) is 1. The highest BCUT2D eigenvalue weighted by molar-refractivity contribution is 7.89. The Morgan fingerprint density at radius 2 is 2.04 bits per heavy atom. The normalized spacial score (nSPS) is 14.9. The number of fused-ring (bicyclic) bond motifs is 1. The van der Waals surface area contributed by atoms with Crippen LogP contribution >= 0.6 is 0 Å². The summed E-state index contributed by atoms with van der Waals surface area (Å²) in [6.07, 6.45) is 5.45. The average molecular weight is 346 g/mol. The zero-order valence-corrected chi connectivity index (χ0v) is 14.6. The Morgan fingerprint density at radius 3 is 2.79 bits per heavy atom. The summed E-state index contributed by atoms with van der Waals surface area (Å²) >= 11 is 0. The Kier molecular flexibility index (Phi) is 5.16. The Labute approximate surface area is 143 Å². The van der Waals surface area contributed by atoms with E-state index in [2.05, 4.69) is 15.8 Å². The van der Waals surface area contributed by atoms with Gasteiger partial charge in [-0.2, -0.15) is 0 Å². The number of aryl methyl sites for hydroxylation is 1. The predicted octanol–water partition coefficient (Wildman–Crippen LogP) is 2.63. The van der Waals surface area contributed by atoms with Gasteiger partial charge in [-0.1, -0.05) is 19.1 Å². The maximum absolute atomic E-state index is 12.4. The lowest BCUT2D eigenvalue weighted by atomic mass is 10.1. The molecular weight excluding hydrogens is 324 g/mol. The first-order valence-electron chi connectivity index (χ1n) is 8.22. The van der Waals surface area contributed by atoms with Crippen LogP contribution in [0.3, 0.4) is 0 Å². The minimum Gasteiger partial charge on any atom is -0.493 e. The van der Waals surface area contributed by atoms with Crippen LogP contribution in [-0.4, -0.2) is 25.8 Å². The van der Waals surface area contributed by atoms with E-state index in [4.69, 9.17) is 4.74 Å². The second-order valence-corrected chi connectivity index (χ2v) is 7.84. The molecule has 1 aromatic carbocycles. The maximum Gasteiger partial charge on any atom is 0.212 e. The quantitative estimate of drug-likeness (QED) is 0.837. The zero-order valence-electron chi connectivity index (χ0n) is 13.7. The van der Waals surface area contributed by atoms with Crippen molar-refractivity contribution < 1.29 is 13.2 Å². The highest BCUT2D eigenvalue weighted by Crippen LogP contribution is 2.26. The number of hydrogen-bond acceptors (Lipinski definition) is 4. The Morgan fingerprint density at radius 1 is 1.25 bits per heavy atom. The summed E-state index contributed by atoms with van der Waals surface area (Å²) in [5, 5.41) is 0. The lowest BCUT2D eigenvalue weighted by Crippen LogP contribution is -2.31. The molecule has 3 rings (SSSR count). The molecule has 0 bridgehead atoms. The monoisotopic (exact) mass is 346 g/mol. The molecule has 2 aromatic rings. The summed E-state index contributed by atoms with van der Waals surface area (Å²) < 4.78 is 33.1. The van der Waals surface area contributed by atoms with Gasteiger partial charge in [-0.05, 0) is 47.7 Å². The molecule has 0 unspecified atom stereocenters. The zero-order chi connectivity index (χ0) is 17.0. The van der Waals surface area contributed by atoms with Crippen LogP contribution in [0.5, 0.6) is 5.75 Å². The lowest BCUT2D eigenvalue weighted by Gasteiger charge is -2.17. The fourth-order valence-electron chi connectivity index (χ4n) is 2.91. The van der Waals surface area contributed by atoms with Crippen molar-refractivity contribution in [3.05, 3.63) is 59.4 Å². The minimum absolute atomic E-state index is 0.0776. The first-order valence-corrected chi connectivity index (χ1v) is 9.87. The number of nitrogens with one attached hydrogen (secondary N) is 1. The topological polar surface area (TPSA) is 68.3 Å². The molecule has 5 nitrogen and oxygen atoms in total. The molecule has 0 fully saturated rings. The van der Waals surface area contributed by atoms with E-state index in [1.807, 2.05) is 31.2 Å². The van der Waals surface area contributed by atoms with Gasteiger partial charge in [-0.25, -0.2) is 13.1 Å². The van der Waals surface area contributed by atoms with Crippen molar-refractivity contribution in [1.82, 2.24) is 9.71 Å². The van der Waals surface area contributed by atoms with Crippen molar-refractivity contribution >= 4 is 10.0 Å². The van der Waals surface area contributed by atoms with E-state index in [0.29, 0.717) is 19.4 Å². The lowest BCUT2D eigenvalue weighted by molar-refractivity contribution is 0.357.